The van der Waals surface area contributed by atoms with Gasteiger partial charge in [-0.05, 0) is 36.8 Å². The minimum atomic E-state index is -4.53. The molecule has 132 valence electrons. The average Bonchev–Trinajstić information content (AvgIpc) is 2.53. The Morgan fingerprint density at radius 3 is 2.56 bits per heavy atom. The van der Waals surface area contributed by atoms with Gasteiger partial charge in [0.05, 0.1) is 22.9 Å². The van der Waals surface area contributed by atoms with Crippen LogP contribution in [-0.4, -0.2) is 17.6 Å². The maximum atomic E-state index is 12.7. The predicted octanol–water partition coefficient (Wildman–Crippen LogP) is 5.65. The highest BCUT2D eigenvalue weighted by molar-refractivity contribution is 6.33. The number of aromatic nitrogens is 1. The fourth-order valence-corrected chi connectivity index (χ4v) is 2.43. The summed E-state index contributed by atoms with van der Waals surface area (Å²) in [6.45, 7) is 1.92. The maximum absolute atomic E-state index is 12.7. The van der Waals surface area contributed by atoms with Crippen molar-refractivity contribution >= 4 is 35.2 Å². The number of pyridine rings is 1. The maximum Gasteiger partial charge on any atom is 0.417 e. The molecule has 1 aromatic heterocycles. The molecule has 0 aliphatic heterocycles. The first-order valence-corrected chi connectivity index (χ1v) is 7.85. The smallest absolute Gasteiger partial charge is 0.417 e. The number of ether oxygens (including phenoxy) is 1. The van der Waals surface area contributed by atoms with Gasteiger partial charge in [-0.3, -0.25) is 4.98 Å². The van der Waals surface area contributed by atoms with Crippen LogP contribution in [0.2, 0.25) is 10.0 Å². The van der Waals surface area contributed by atoms with E-state index in [0.29, 0.717) is 22.3 Å². The van der Waals surface area contributed by atoms with Gasteiger partial charge in [-0.25, -0.2) is 4.79 Å². The van der Waals surface area contributed by atoms with Crippen LogP contribution in [0.4, 0.5) is 13.2 Å². The zero-order valence-electron chi connectivity index (χ0n) is 12.9. The van der Waals surface area contributed by atoms with E-state index in [1.54, 1.807) is 19.1 Å². The van der Waals surface area contributed by atoms with E-state index < -0.39 is 17.7 Å². The van der Waals surface area contributed by atoms with E-state index in [2.05, 4.69) is 4.98 Å². The van der Waals surface area contributed by atoms with E-state index in [4.69, 9.17) is 27.9 Å². The van der Waals surface area contributed by atoms with Gasteiger partial charge in [-0.1, -0.05) is 29.3 Å². The van der Waals surface area contributed by atoms with Crippen LogP contribution in [0.25, 0.3) is 17.3 Å². The monoisotopic (exact) mass is 389 g/mol. The van der Waals surface area contributed by atoms with Crippen molar-refractivity contribution in [3.63, 3.8) is 0 Å². The van der Waals surface area contributed by atoms with Crippen LogP contribution in [0.3, 0.4) is 0 Å². The lowest BCUT2D eigenvalue weighted by atomic mass is 10.1. The van der Waals surface area contributed by atoms with E-state index >= 15 is 0 Å². The molecule has 3 nitrogen and oxygen atoms in total. The summed E-state index contributed by atoms with van der Waals surface area (Å²) < 4.78 is 42.8. The summed E-state index contributed by atoms with van der Waals surface area (Å²) in [5, 5.41) is 0.213. The summed E-state index contributed by atoms with van der Waals surface area (Å²) in [6.07, 6.45) is -1.16. The van der Waals surface area contributed by atoms with Gasteiger partial charge in [0.15, 0.2) is 0 Å². The van der Waals surface area contributed by atoms with Crippen molar-refractivity contribution < 1.29 is 22.7 Å². The zero-order chi connectivity index (χ0) is 18.6. The standard InChI is InChI=1S/C17H12Cl2F3NO2/c1-2-25-15(24)6-4-10-7-11(3-5-13(10)18)16-14(19)8-12(9-23-16)17(20,21)22/h3-9H,2H2,1H3/b6-4+. The van der Waals surface area contributed by atoms with Gasteiger partial charge >= 0.3 is 12.1 Å². The molecule has 2 aromatic rings. The first kappa shape index (κ1) is 19.3. The third-order valence-corrected chi connectivity index (χ3v) is 3.76. The molecule has 0 unspecified atom stereocenters. The molecule has 0 saturated heterocycles. The Balaban J connectivity index is 2.38. The molecule has 2 rings (SSSR count). The average molecular weight is 390 g/mol. The van der Waals surface area contributed by atoms with Crippen molar-refractivity contribution in [3.05, 3.63) is 57.7 Å². The largest absolute Gasteiger partial charge is 0.463 e. The number of nitrogens with zero attached hydrogens (tertiary/aromatic N) is 1. The van der Waals surface area contributed by atoms with Crippen LogP contribution in [0.5, 0.6) is 0 Å². The fraction of sp³-hybridized carbons (Fsp3) is 0.176. The quantitative estimate of drug-likeness (QED) is 0.500. The molecule has 0 bridgehead atoms. The van der Waals surface area contributed by atoms with Crippen LogP contribution >= 0.6 is 23.2 Å². The summed E-state index contributed by atoms with van der Waals surface area (Å²) >= 11 is 12.0. The van der Waals surface area contributed by atoms with E-state index in [9.17, 15) is 18.0 Å². The summed E-state index contributed by atoms with van der Waals surface area (Å²) in [6, 6.07) is 5.50. The molecule has 0 amide bonds. The number of esters is 1. The highest BCUT2D eigenvalue weighted by Crippen LogP contribution is 2.35. The zero-order valence-corrected chi connectivity index (χ0v) is 14.4. The second kappa shape index (κ2) is 7.89. The Kier molecular flexibility index (Phi) is 6.08. The summed E-state index contributed by atoms with van der Waals surface area (Å²) in [4.78, 5) is 15.2. The minimum absolute atomic E-state index is 0.141. The topological polar surface area (TPSA) is 39.2 Å². The van der Waals surface area contributed by atoms with Gasteiger partial charge in [0.1, 0.15) is 0 Å². The SMILES string of the molecule is CCOC(=O)/C=C/c1cc(-c2ncc(C(F)(F)F)cc2Cl)ccc1Cl. The van der Waals surface area contributed by atoms with Gasteiger partial charge in [-0.2, -0.15) is 13.2 Å². The molecule has 8 heteroatoms. The Labute approximate surface area is 152 Å². The molecular weight excluding hydrogens is 378 g/mol. The number of halogens is 5. The number of hydrogen-bond acceptors (Lipinski definition) is 3. The molecule has 1 aromatic carbocycles. The number of carbonyl (C=O) groups excluding carboxylic acids is 1. The molecule has 0 spiro atoms. The molecule has 0 radical (unpaired) electrons. The van der Waals surface area contributed by atoms with E-state index in [0.717, 1.165) is 6.07 Å². The van der Waals surface area contributed by atoms with Crippen molar-refractivity contribution in [3.8, 4) is 11.3 Å². The Morgan fingerprint density at radius 1 is 1.24 bits per heavy atom. The third-order valence-electron chi connectivity index (χ3n) is 3.12. The van der Waals surface area contributed by atoms with Crippen LogP contribution in [0.15, 0.2) is 36.5 Å². The van der Waals surface area contributed by atoms with Crippen LogP contribution in [-0.2, 0) is 15.7 Å². The van der Waals surface area contributed by atoms with Gasteiger partial charge in [0, 0.05) is 22.9 Å². The molecule has 25 heavy (non-hydrogen) atoms. The van der Waals surface area contributed by atoms with Gasteiger partial charge in [-0.15, -0.1) is 0 Å². The summed E-state index contributed by atoms with van der Waals surface area (Å²) in [5.74, 6) is -0.533. The van der Waals surface area contributed by atoms with E-state index in [1.165, 1.54) is 18.2 Å². The molecule has 0 N–H and O–H groups in total. The summed E-state index contributed by atoms with van der Waals surface area (Å²) in [7, 11) is 0. The number of rotatable bonds is 4. The molecule has 1 heterocycles. The fourth-order valence-electron chi connectivity index (χ4n) is 1.97. The lowest BCUT2D eigenvalue weighted by Gasteiger charge is -2.10. The normalized spacial score (nSPS) is 11.8. The molecule has 0 aliphatic rings. The van der Waals surface area contributed by atoms with Gasteiger partial charge in [0.25, 0.3) is 0 Å². The Hall–Kier alpha value is -2.05. The predicted molar refractivity (Wildman–Crippen MR) is 90.4 cm³/mol. The lowest BCUT2D eigenvalue weighted by Crippen LogP contribution is -2.05. The second-order valence-electron chi connectivity index (χ2n) is 4.87. The van der Waals surface area contributed by atoms with Gasteiger partial charge in [0.2, 0.25) is 0 Å². The summed E-state index contributed by atoms with van der Waals surface area (Å²) in [5.41, 5.74) is 0.186. The molecule has 0 atom stereocenters. The van der Waals surface area contributed by atoms with Crippen LogP contribution < -0.4 is 0 Å². The highest BCUT2D eigenvalue weighted by Gasteiger charge is 2.31. The van der Waals surface area contributed by atoms with Crippen molar-refractivity contribution in [1.29, 1.82) is 0 Å². The first-order chi connectivity index (χ1) is 11.7. The molecule has 0 aliphatic carbocycles. The first-order valence-electron chi connectivity index (χ1n) is 7.10. The second-order valence-corrected chi connectivity index (χ2v) is 5.69. The van der Waals surface area contributed by atoms with Gasteiger partial charge < -0.3 is 4.74 Å². The van der Waals surface area contributed by atoms with Crippen molar-refractivity contribution in [2.24, 2.45) is 0 Å². The lowest BCUT2D eigenvalue weighted by molar-refractivity contribution is -0.138. The number of carbonyl (C=O) groups is 1. The Morgan fingerprint density at radius 2 is 1.96 bits per heavy atom. The van der Waals surface area contributed by atoms with Crippen molar-refractivity contribution in [2.75, 3.05) is 6.61 Å². The van der Waals surface area contributed by atoms with Crippen LogP contribution in [0.1, 0.15) is 18.1 Å². The van der Waals surface area contributed by atoms with Crippen molar-refractivity contribution in [2.45, 2.75) is 13.1 Å². The molecular formula is C17H12Cl2F3NO2. The number of benzene rings is 1. The minimum Gasteiger partial charge on any atom is -0.463 e. The van der Waals surface area contributed by atoms with E-state index in [-0.39, 0.29) is 17.3 Å². The number of alkyl halides is 3. The Bertz CT molecular complexity index is 820. The highest BCUT2D eigenvalue weighted by atomic mass is 35.5. The third kappa shape index (κ3) is 4.96. The van der Waals surface area contributed by atoms with Crippen LogP contribution in [0, 0.1) is 0 Å². The molecule has 0 fully saturated rings. The van der Waals surface area contributed by atoms with E-state index in [1.807, 2.05) is 0 Å². The number of hydrogen-bond donors (Lipinski definition) is 0. The molecule has 0 saturated carbocycles. The van der Waals surface area contributed by atoms with Crippen molar-refractivity contribution in [1.82, 2.24) is 4.98 Å².